The first kappa shape index (κ1) is 17.9. The fraction of sp³-hybridized carbons (Fsp3) is 0.211. The Bertz CT molecular complexity index is 736. The molecule has 0 spiro atoms. The average molecular weight is 344 g/mol. The van der Waals surface area contributed by atoms with Crippen molar-refractivity contribution in [2.24, 2.45) is 0 Å². The molecule has 126 valence electrons. The Morgan fingerprint density at radius 1 is 0.958 bits per heavy atom. The number of hydrogen-bond acceptors (Lipinski definition) is 5. The van der Waals surface area contributed by atoms with Gasteiger partial charge in [-0.3, -0.25) is 4.79 Å². The van der Waals surface area contributed by atoms with Crippen LogP contribution in [0.25, 0.3) is 6.08 Å². The van der Waals surface area contributed by atoms with Crippen molar-refractivity contribution in [2.45, 2.75) is 4.90 Å². The molecule has 2 aromatic carbocycles. The smallest absolute Gasteiger partial charge is 0.189 e. The molecule has 0 aliphatic heterocycles. The van der Waals surface area contributed by atoms with Gasteiger partial charge in [0.2, 0.25) is 0 Å². The van der Waals surface area contributed by atoms with Crippen LogP contribution in [0.5, 0.6) is 17.2 Å². The summed E-state index contributed by atoms with van der Waals surface area (Å²) in [6, 6.07) is 11.0. The molecule has 0 N–H and O–H groups in total. The van der Waals surface area contributed by atoms with E-state index in [1.165, 1.54) is 24.9 Å². The molecule has 0 bridgehead atoms. The molecule has 0 aromatic heterocycles. The molecule has 5 heteroatoms. The van der Waals surface area contributed by atoms with Crippen molar-refractivity contribution in [1.29, 1.82) is 0 Å². The number of methoxy groups -OCH3 is 3. The number of ketones is 1. The van der Waals surface area contributed by atoms with E-state index in [2.05, 4.69) is 0 Å². The largest absolute Gasteiger partial charge is 0.497 e. The highest BCUT2D eigenvalue weighted by Gasteiger charge is 2.15. The zero-order valence-electron chi connectivity index (χ0n) is 14.2. The van der Waals surface area contributed by atoms with Crippen molar-refractivity contribution in [3.05, 3.63) is 53.6 Å². The third-order valence-electron chi connectivity index (χ3n) is 3.51. The van der Waals surface area contributed by atoms with Crippen molar-refractivity contribution >= 4 is 23.6 Å². The zero-order chi connectivity index (χ0) is 17.5. The Morgan fingerprint density at radius 3 is 2.17 bits per heavy atom. The van der Waals surface area contributed by atoms with Gasteiger partial charge < -0.3 is 14.2 Å². The van der Waals surface area contributed by atoms with Crippen LogP contribution in [0.4, 0.5) is 0 Å². The van der Waals surface area contributed by atoms with E-state index in [1.807, 2.05) is 30.5 Å². The van der Waals surface area contributed by atoms with Gasteiger partial charge in [-0.2, -0.15) is 0 Å². The second kappa shape index (κ2) is 8.45. The number of benzene rings is 2. The van der Waals surface area contributed by atoms with Crippen LogP contribution in [0.3, 0.4) is 0 Å². The van der Waals surface area contributed by atoms with Crippen LogP contribution in [0.2, 0.25) is 0 Å². The molecule has 2 rings (SSSR count). The number of allylic oxidation sites excluding steroid dienone is 1. The molecule has 0 heterocycles. The topological polar surface area (TPSA) is 44.8 Å². The summed E-state index contributed by atoms with van der Waals surface area (Å²) < 4.78 is 15.8. The highest BCUT2D eigenvalue weighted by molar-refractivity contribution is 7.98. The number of hydrogen-bond donors (Lipinski definition) is 0. The van der Waals surface area contributed by atoms with E-state index < -0.39 is 0 Å². The number of ether oxygens (including phenoxy) is 3. The number of carbonyl (C=O) groups excluding carboxylic acids is 1. The lowest BCUT2D eigenvalue weighted by molar-refractivity contribution is 0.104. The second-order valence-electron chi connectivity index (χ2n) is 4.88. The predicted octanol–water partition coefficient (Wildman–Crippen LogP) is 4.33. The minimum atomic E-state index is -0.124. The van der Waals surface area contributed by atoms with Gasteiger partial charge in [0, 0.05) is 6.07 Å². The summed E-state index contributed by atoms with van der Waals surface area (Å²) in [4.78, 5) is 13.4. The summed E-state index contributed by atoms with van der Waals surface area (Å²) in [6.07, 6.45) is 5.24. The third kappa shape index (κ3) is 4.11. The normalized spacial score (nSPS) is 10.7. The molecular formula is C19H20O4S. The van der Waals surface area contributed by atoms with E-state index >= 15 is 0 Å². The fourth-order valence-corrected chi connectivity index (χ4v) is 2.78. The van der Waals surface area contributed by atoms with Gasteiger partial charge in [0.1, 0.15) is 17.2 Å². The molecule has 4 nitrogen and oxygen atoms in total. The van der Waals surface area contributed by atoms with Gasteiger partial charge in [-0.25, -0.2) is 0 Å². The lowest BCUT2D eigenvalue weighted by atomic mass is 10.1. The van der Waals surface area contributed by atoms with Crippen LogP contribution in [0.1, 0.15) is 15.9 Å². The summed E-state index contributed by atoms with van der Waals surface area (Å²) in [5.74, 6) is 1.84. The molecule has 0 amide bonds. The Hall–Kier alpha value is -2.40. The fourth-order valence-electron chi connectivity index (χ4n) is 2.20. The van der Waals surface area contributed by atoms with Gasteiger partial charge in [-0.1, -0.05) is 18.2 Å². The molecule has 0 radical (unpaired) electrons. The Labute approximate surface area is 146 Å². The van der Waals surface area contributed by atoms with E-state index in [4.69, 9.17) is 14.2 Å². The molecule has 0 saturated carbocycles. The maximum Gasteiger partial charge on any atom is 0.189 e. The molecule has 2 aromatic rings. The second-order valence-corrected chi connectivity index (χ2v) is 5.73. The van der Waals surface area contributed by atoms with Crippen molar-refractivity contribution in [3.8, 4) is 17.2 Å². The Kier molecular flexibility index (Phi) is 6.32. The van der Waals surface area contributed by atoms with Gasteiger partial charge in [0.05, 0.1) is 31.8 Å². The van der Waals surface area contributed by atoms with Gasteiger partial charge in [0.15, 0.2) is 5.78 Å². The van der Waals surface area contributed by atoms with Crippen LogP contribution in [0, 0.1) is 0 Å². The van der Waals surface area contributed by atoms with Crippen LogP contribution in [0.15, 0.2) is 47.4 Å². The molecular weight excluding hydrogens is 324 g/mol. The van der Waals surface area contributed by atoms with Crippen LogP contribution in [-0.4, -0.2) is 33.4 Å². The number of carbonyl (C=O) groups is 1. The first-order chi connectivity index (χ1) is 11.6. The van der Waals surface area contributed by atoms with Crippen molar-refractivity contribution in [1.82, 2.24) is 0 Å². The zero-order valence-corrected chi connectivity index (χ0v) is 15.0. The van der Waals surface area contributed by atoms with Gasteiger partial charge in [-0.05, 0) is 36.1 Å². The average Bonchev–Trinajstić information content (AvgIpc) is 2.65. The van der Waals surface area contributed by atoms with E-state index in [9.17, 15) is 4.79 Å². The minimum Gasteiger partial charge on any atom is -0.497 e. The Balaban J connectivity index is 2.29. The third-order valence-corrected chi connectivity index (χ3v) is 4.27. The molecule has 0 atom stereocenters. The molecule has 0 aliphatic carbocycles. The summed E-state index contributed by atoms with van der Waals surface area (Å²) in [5.41, 5.74) is 1.43. The highest BCUT2D eigenvalue weighted by atomic mass is 32.2. The minimum absolute atomic E-state index is 0.124. The maximum absolute atomic E-state index is 12.5. The van der Waals surface area contributed by atoms with Gasteiger partial charge in [-0.15, -0.1) is 11.8 Å². The number of thioether (sulfide) groups is 1. The van der Waals surface area contributed by atoms with Crippen molar-refractivity contribution in [3.63, 3.8) is 0 Å². The predicted molar refractivity (Wildman–Crippen MR) is 97.7 cm³/mol. The molecule has 0 aliphatic rings. The molecule has 0 unspecified atom stereocenters. The summed E-state index contributed by atoms with van der Waals surface area (Å²) in [7, 11) is 4.75. The first-order valence-corrected chi connectivity index (χ1v) is 8.52. The standard InChI is InChI=1S/C19H20O4S/c1-21-14-8-5-13(6-9-14)7-10-16(20)15-11-19(24-4)18(23-3)12-17(15)22-2/h5-12H,1-4H3/b10-7+. The first-order valence-electron chi connectivity index (χ1n) is 7.29. The highest BCUT2D eigenvalue weighted by Crippen LogP contribution is 2.34. The van der Waals surface area contributed by atoms with E-state index in [1.54, 1.807) is 32.4 Å². The van der Waals surface area contributed by atoms with Crippen molar-refractivity contribution in [2.75, 3.05) is 27.6 Å². The molecule has 0 fully saturated rings. The lowest BCUT2D eigenvalue weighted by Crippen LogP contribution is -2.01. The monoisotopic (exact) mass is 344 g/mol. The lowest BCUT2D eigenvalue weighted by Gasteiger charge is -2.12. The molecule has 0 saturated heterocycles. The summed E-state index contributed by atoms with van der Waals surface area (Å²) in [5, 5.41) is 0. The van der Waals surface area contributed by atoms with E-state index in [0.29, 0.717) is 17.1 Å². The van der Waals surface area contributed by atoms with Crippen LogP contribution >= 0.6 is 11.8 Å². The van der Waals surface area contributed by atoms with Crippen molar-refractivity contribution < 1.29 is 19.0 Å². The Morgan fingerprint density at radius 2 is 1.62 bits per heavy atom. The van der Waals surface area contributed by atoms with Crippen LogP contribution in [-0.2, 0) is 0 Å². The van der Waals surface area contributed by atoms with Crippen LogP contribution < -0.4 is 14.2 Å². The number of rotatable bonds is 7. The maximum atomic E-state index is 12.5. The van der Waals surface area contributed by atoms with E-state index in [0.717, 1.165) is 16.2 Å². The summed E-state index contributed by atoms with van der Waals surface area (Å²) in [6.45, 7) is 0. The SMILES string of the molecule is COc1ccc(/C=C/C(=O)c2cc(SC)c(OC)cc2OC)cc1. The molecule has 24 heavy (non-hydrogen) atoms. The quantitative estimate of drug-likeness (QED) is 0.425. The van der Waals surface area contributed by atoms with Gasteiger partial charge in [0.25, 0.3) is 0 Å². The van der Waals surface area contributed by atoms with Gasteiger partial charge >= 0.3 is 0 Å². The van der Waals surface area contributed by atoms with E-state index in [-0.39, 0.29) is 5.78 Å². The summed E-state index contributed by atoms with van der Waals surface area (Å²) >= 11 is 1.52.